The van der Waals surface area contributed by atoms with E-state index >= 15 is 0 Å². The largest absolute Gasteiger partial charge is 0.480 e. The Kier molecular flexibility index (Phi) is 6.01. The molecule has 30 heavy (non-hydrogen) atoms. The number of carboxylic acids is 1. The van der Waals surface area contributed by atoms with E-state index in [-0.39, 0.29) is 31.5 Å². The van der Waals surface area contributed by atoms with Gasteiger partial charge in [-0.05, 0) is 24.0 Å². The first-order valence-corrected chi connectivity index (χ1v) is 10.2. The fourth-order valence-electron chi connectivity index (χ4n) is 4.41. The first kappa shape index (κ1) is 20.4. The number of piperidine rings is 1. The molecule has 2 aromatic carbocycles. The minimum absolute atomic E-state index is 0.0942. The Morgan fingerprint density at radius 3 is 2.13 bits per heavy atom. The Bertz CT molecular complexity index is 860. The Morgan fingerprint density at radius 1 is 1.00 bits per heavy atom. The van der Waals surface area contributed by atoms with E-state index in [0.29, 0.717) is 13.2 Å². The molecule has 0 aromatic heterocycles. The molecule has 2 aliphatic rings. The van der Waals surface area contributed by atoms with Gasteiger partial charge < -0.3 is 19.9 Å². The Morgan fingerprint density at radius 2 is 1.57 bits per heavy atom. The SMILES string of the molecule is O=C(NC1(C(=O)O)CC2COCC(C1)N2Cc1ccccc1)OCc1ccccc1. The van der Waals surface area contributed by atoms with Gasteiger partial charge in [0.05, 0.1) is 13.2 Å². The normalized spacial score (nSPS) is 26.0. The molecule has 0 saturated carbocycles. The summed E-state index contributed by atoms with van der Waals surface area (Å²) in [6.45, 7) is 1.71. The second-order valence-electron chi connectivity index (χ2n) is 7.99. The number of rotatable bonds is 6. The summed E-state index contributed by atoms with van der Waals surface area (Å²) in [4.78, 5) is 27.0. The molecule has 2 N–H and O–H groups in total. The molecule has 2 heterocycles. The zero-order valence-corrected chi connectivity index (χ0v) is 16.7. The van der Waals surface area contributed by atoms with Crippen LogP contribution in [0.1, 0.15) is 24.0 Å². The minimum Gasteiger partial charge on any atom is -0.480 e. The molecule has 0 radical (unpaired) electrons. The third-order valence-corrected chi connectivity index (χ3v) is 5.90. The van der Waals surface area contributed by atoms with Crippen LogP contribution in [0, 0.1) is 0 Å². The molecule has 4 rings (SSSR count). The molecule has 2 aromatic rings. The Hall–Kier alpha value is -2.90. The van der Waals surface area contributed by atoms with Crippen molar-refractivity contribution >= 4 is 12.1 Å². The van der Waals surface area contributed by atoms with Gasteiger partial charge in [0.1, 0.15) is 12.1 Å². The molecule has 158 valence electrons. The lowest BCUT2D eigenvalue weighted by molar-refractivity contribution is -0.157. The molecule has 2 bridgehead atoms. The van der Waals surface area contributed by atoms with Crippen molar-refractivity contribution in [3.8, 4) is 0 Å². The second kappa shape index (κ2) is 8.85. The summed E-state index contributed by atoms with van der Waals surface area (Å²) >= 11 is 0. The number of carbonyl (C=O) groups is 2. The number of carbonyl (C=O) groups excluding carboxylic acids is 1. The number of alkyl carbamates (subject to hydrolysis) is 1. The monoisotopic (exact) mass is 410 g/mol. The quantitative estimate of drug-likeness (QED) is 0.761. The van der Waals surface area contributed by atoms with E-state index in [9.17, 15) is 14.7 Å². The van der Waals surface area contributed by atoms with E-state index in [1.165, 1.54) is 5.56 Å². The van der Waals surface area contributed by atoms with Gasteiger partial charge in [0.25, 0.3) is 0 Å². The maximum Gasteiger partial charge on any atom is 0.408 e. The molecular formula is C23H26N2O5. The van der Waals surface area contributed by atoms with Gasteiger partial charge in [-0.3, -0.25) is 4.90 Å². The number of carboxylic acid groups (broad SMARTS) is 1. The molecule has 0 aliphatic carbocycles. The van der Waals surface area contributed by atoms with Crippen molar-refractivity contribution in [3.63, 3.8) is 0 Å². The van der Waals surface area contributed by atoms with Crippen molar-refractivity contribution in [2.75, 3.05) is 13.2 Å². The highest BCUT2D eigenvalue weighted by molar-refractivity contribution is 5.84. The van der Waals surface area contributed by atoms with Crippen LogP contribution in [0.5, 0.6) is 0 Å². The van der Waals surface area contributed by atoms with E-state index in [1.807, 2.05) is 48.5 Å². The minimum atomic E-state index is -1.36. The predicted molar refractivity (Wildman–Crippen MR) is 110 cm³/mol. The molecule has 2 fully saturated rings. The smallest absolute Gasteiger partial charge is 0.408 e. The van der Waals surface area contributed by atoms with Gasteiger partial charge in [0, 0.05) is 18.6 Å². The molecule has 7 nitrogen and oxygen atoms in total. The molecule has 7 heteroatoms. The first-order chi connectivity index (χ1) is 14.6. The van der Waals surface area contributed by atoms with Crippen LogP contribution in [0.4, 0.5) is 4.79 Å². The lowest BCUT2D eigenvalue weighted by Gasteiger charge is -2.51. The highest BCUT2D eigenvalue weighted by atomic mass is 16.5. The lowest BCUT2D eigenvalue weighted by atomic mass is 9.78. The van der Waals surface area contributed by atoms with Gasteiger partial charge in [-0.25, -0.2) is 9.59 Å². The van der Waals surface area contributed by atoms with Crippen molar-refractivity contribution in [3.05, 3.63) is 71.8 Å². The van der Waals surface area contributed by atoms with Gasteiger partial charge in [0.2, 0.25) is 0 Å². The number of nitrogens with one attached hydrogen (secondary N) is 1. The van der Waals surface area contributed by atoms with Crippen LogP contribution < -0.4 is 5.32 Å². The maximum atomic E-state index is 12.4. The number of fused-ring (bicyclic) bond motifs is 2. The summed E-state index contributed by atoms with van der Waals surface area (Å²) in [5, 5.41) is 12.7. The summed E-state index contributed by atoms with van der Waals surface area (Å²) in [5.74, 6) is -1.03. The fraction of sp³-hybridized carbons (Fsp3) is 0.391. The number of benzene rings is 2. The average molecular weight is 410 g/mol. The van der Waals surface area contributed by atoms with E-state index in [4.69, 9.17) is 9.47 Å². The van der Waals surface area contributed by atoms with Crippen LogP contribution >= 0.6 is 0 Å². The average Bonchev–Trinajstić information content (AvgIpc) is 2.74. The number of ether oxygens (including phenoxy) is 2. The molecule has 2 aliphatic heterocycles. The van der Waals surface area contributed by atoms with Gasteiger partial charge in [-0.2, -0.15) is 0 Å². The van der Waals surface area contributed by atoms with E-state index < -0.39 is 17.6 Å². The van der Waals surface area contributed by atoms with E-state index in [0.717, 1.165) is 12.1 Å². The first-order valence-electron chi connectivity index (χ1n) is 10.2. The number of hydrogen-bond acceptors (Lipinski definition) is 5. The summed E-state index contributed by atoms with van der Waals surface area (Å²) in [6.07, 6.45) is -0.171. The highest BCUT2D eigenvalue weighted by Crippen LogP contribution is 2.36. The zero-order chi connectivity index (χ0) is 21.0. The van der Waals surface area contributed by atoms with Gasteiger partial charge in [0.15, 0.2) is 0 Å². The number of morpholine rings is 1. The maximum absolute atomic E-state index is 12.4. The van der Waals surface area contributed by atoms with Crippen LogP contribution in [-0.4, -0.2) is 52.9 Å². The number of aliphatic carboxylic acids is 1. The molecule has 0 spiro atoms. The zero-order valence-electron chi connectivity index (χ0n) is 16.7. The number of nitrogens with zero attached hydrogens (tertiary/aromatic N) is 1. The second-order valence-corrected chi connectivity index (χ2v) is 7.99. The van der Waals surface area contributed by atoms with Crippen molar-refractivity contribution in [2.24, 2.45) is 0 Å². The van der Waals surface area contributed by atoms with Gasteiger partial charge in [-0.1, -0.05) is 60.7 Å². The van der Waals surface area contributed by atoms with Crippen LogP contribution in [0.25, 0.3) is 0 Å². The Balaban J connectivity index is 1.44. The van der Waals surface area contributed by atoms with Crippen LogP contribution in [0.15, 0.2) is 60.7 Å². The molecule has 2 saturated heterocycles. The highest BCUT2D eigenvalue weighted by Gasteiger charge is 2.52. The van der Waals surface area contributed by atoms with Crippen molar-refractivity contribution < 1.29 is 24.2 Å². The fourth-order valence-corrected chi connectivity index (χ4v) is 4.41. The van der Waals surface area contributed by atoms with Crippen molar-refractivity contribution in [1.29, 1.82) is 0 Å². The van der Waals surface area contributed by atoms with E-state index in [2.05, 4.69) is 22.3 Å². The lowest BCUT2D eigenvalue weighted by Crippen LogP contribution is -2.68. The van der Waals surface area contributed by atoms with Gasteiger partial charge >= 0.3 is 12.1 Å². The predicted octanol–water partition coefficient (Wildman–Crippen LogP) is 2.80. The Labute approximate surface area is 175 Å². The third kappa shape index (κ3) is 4.47. The third-order valence-electron chi connectivity index (χ3n) is 5.90. The summed E-state index contributed by atoms with van der Waals surface area (Å²) in [7, 11) is 0. The summed E-state index contributed by atoms with van der Waals surface area (Å²) < 4.78 is 11.0. The summed E-state index contributed by atoms with van der Waals surface area (Å²) in [5.41, 5.74) is 0.660. The number of amides is 1. The van der Waals surface area contributed by atoms with Crippen LogP contribution in [-0.2, 0) is 27.4 Å². The van der Waals surface area contributed by atoms with Gasteiger partial charge in [-0.15, -0.1) is 0 Å². The standard InChI is InChI=1S/C23H26N2O5/c26-21(27)23(24-22(28)30-14-18-9-5-2-6-10-18)11-19-15-29-16-20(12-23)25(19)13-17-7-3-1-4-8-17/h1-10,19-20H,11-16H2,(H,24,28)(H,26,27). The molecule has 1 amide bonds. The van der Waals surface area contributed by atoms with Crippen LogP contribution in [0.2, 0.25) is 0 Å². The molecule has 2 atom stereocenters. The van der Waals surface area contributed by atoms with Crippen molar-refractivity contribution in [2.45, 2.75) is 43.6 Å². The van der Waals surface area contributed by atoms with Crippen LogP contribution in [0.3, 0.4) is 0 Å². The topological polar surface area (TPSA) is 88.1 Å². The molecule has 2 unspecified atom stereocenters. The summed E-state index contributed by atoms with van der Waals surface area (Å²) in [6, 6.07) is 19.2. The number of hydrogen-bond donors (Lipinski definition) is 2. The van der Waals surface area contributed by atoms with Crippen molar-refractivity contribution in [1.82, 2.24) is 10.2 Å². The molecular weight excluding hydrogens is 384 g/mol. The van der Waals surface area contributed by atoms with E-state index in [1.54, 1.807) is 0 Å².